The Balaban J connectivity index is 1.34. The monoisotopic (exact) mass is 457 g/mol. The second-order valence-electron chi connectivity index (χ2n) is 10.1. The van der Waals surface area contributed by atoms with Crippen LogP contribution in [0.15, 0.2) is 30.5 Å². The molecule has 3 saturated heterocycles. The molecule has 1 spiro atoms. The SMILES string of the molecule is CC1(C)CN(c2nccc(N3CCC4(CCCC(=O)N4c4ccc(Cl)c(F)c4)CC3)n2)C1. The van der Waals surface area contributed by atoms with Crippen LogP contribution in [0.2, 0.25) is 5.02 Å². The van der Waals surface area contributed by atoms with Crippen molar-refractivity contribution < 1.29 is 9.18 Å². The fourth-order valence-electron chi connectivity index (χ4n) is 5.52. The van der Waals surface area contributed by atoms with E-state index >= 15 is 0 Å². The van der Waals surface area contributed by atoms with Gasteiger partial charge in [-0.3, -0.25) is 4.79 Å². The van der Waals surface area contributed by atoms with Crippen molar-refractivity contribution in [2.45, 2.75) is 51.5 Å². The number of nitrogens with zero attached hydrogens (tertiary/aromatic N) is 5. The molecule has 3 aliphatic rings. The number of piperidine rings is 2. The van der Waals surface area contributed by atoms with Gasteiger partial charge in [0.2, 0.25) is 11.9 Å². The van der Waals surface area contributed by atoms with E-state index in [-0.39, 0.29) is 16.5 Å². The molecule has 0 bridgehead atoms. The van der Waals surface area contributed by atoms with Gasteiger partial charge in [-0.25, -0.2) is 9.37 Å². The third-order valence-electron chi connectivity index (χ3n) is 7.08. The smallest absolute Gasteiger partial charge is 0.227 e. The lowest BCUT2D eigenvalue weighted by molar-refractivity contribution is -0.121. The van der Waals surface area contributed by atoms with Gasteiger partial charge in [0, 0.05) is 44.5 Å². The highest BCUT2D eigenvalue weighted by molar-refractivity contribution is 6.30. The quantitative estimate of drug-likeness (QED) is 0.670. The summed E-state index contributed by atoms with van der Waals surface area (Å²) in [5.74, 6) is 1.29. The minimum absolute atomic E-state index is 0.0659. The summed E-state index contributed by atoms with van der Waals surface area (Å²) in [6.45, 7) is 8.02. The normalized spacial score (nSPS) is 22.2. The van der Waals surface area contributed by atoms with Crippen LogP contribution in [0, 0.1) is 11.2 Å². The van der Waals surface area contributed by atoms with Crippen molar-refractivity contribution in [3.63, 3.8) is 0 Å². The highest BCUT2D eigenvalue weighted by Crippen LogP contribution is 2.42. The van der Waals surface area contributed by atoms with Crippen LogP contribution in [0.3, 0.4) is 0 Å². The number of rotatable bonds is 3. The molecule has 3 aliphatic heterocycles. The van der Waals surface area contributed by atoms with Crippen molar-refractivity contribution in [2.75, 3.05) is 40.9 Å². The number of anilines is 3. The van der Waals surface area contributed by atoms with Crippen molar-refractivity contribution in [2.24, 2.45) is 5.41 Å². The predicted molar refractivity (Wildman–Crippen MR) is 125 cm³/mol. The van der Waals surface area contributed by atoms with Gasteiger partial charge in [-0.1, -0.05) is 25.4 Å². The van der Waals surface area contributed by atoms with Crippen LogP contribution in [-0.2, 0) is 4.79 Å². The van der Waals surface area contributed by atoms with Crippen molar-refractivity contribution in [3.8, 4) is 0 Å². The predicted octanol–water partition coefficient (Wildman–Crippen LogP) is 4.67. The molecule has 1 aromatic heterocycles. The van der Waals surface area contributed by atoms with E-state index in [2.05, 4.69) is 28.6 Å². The number of aromatic nitrogens is 2. The maximum Gasteiger partial charge on any atom is 0.227 e. The lowest BCUT2D eigenvalue weighted by Gasteiger charge is -2.51. The average molecular weight is 458 g/mol. The summed E-state index contributed by atoms with van der Waals surface area (Å²) in [6.07, 6.45) is 5.76. The molecule has 2 aromatic rings. The van der Waals surface area contributed by atoms with E-state index in [4.69, 9.17) is 16.6 Å². The summed E-state index contributed by atoms with van der Waals surface area (Å²) in [5.41, 5.74) is 0.633. The Bertz CT molecular complexity index is 1030. The molecule has 0 radical (unpaired) electrons. The summed E-state index contributed by atoms with van der Waals surface area (Å²) < 4.78 is 14.2. The fraction of sp³-hybridized carbons (Fsp3) is 0.542. The lowest BCUT2D eigenvalue weighted by Crippen LogP contribution is -2.60. The molecule has 3 fully saturated rings. The van der Waals surface area contributed by atoms with Crippen LogP contribution in [0.5, 0.6) is 0 Å². The zero-order valence-electron chi connectivity index (χ0n) is 18.7. The van der Waals surface area contributed by atoms with E-state index < -0.39 is 5.82 Å². The van der Waals surface area contributed by atoms with Gasteiger partial charge in [0.25, 0.3) is 0 Å². The summed E-state index contributed by atoms with van der Waals surface area (Å²) in [6, 6.07) is 6.65. The third-order valence-corrected chi connectivity index (χ3v) is 7.39. The first kappa shape index (κ1) is 21.4. The topological polar surface area (TPSA) is 52.6 Å². The van der Waals surface area contributed by atoms with Gasteiger partial charge in [-0.2, -0.15) is 4.98 Å². The van der Waals surface area contributed by atoms with Gasteiger partial charge in [0.15, 0.2) is 0 Å². The van der Waals surface area contributed by atoms with Gasteiger partial charge < -0.3 is 14.7 Å². The zero-order valence-corrected chi connectivity index (χ0v) is 19.4. The number of carbonyl (C=O) groups is 1. The molecule has 0 atom stereocenters. The number of hydrogen-bond acceptors (Lipinski definition) is 5. The van der Waals surface area contributed by atoms with Crippen LogP contribution in [0.25, 0.3) is 0 Å². The number of halogens is 2. The Morgan fingerprint density at radius 1 is 1.06 bits per heavy atom. The molecular weight excluding hydrogens is 429 g/mol. The number of amides is 1. The fourth-order valence-corrected chi connectivity index (χ4v) is 5.64. The molecule has 1 amide bonds. The molecule has 0 aliphatic carbocycles. The second-order valence-corrected chi connectivity index (χ2v) is 10.5. The Morgan fingerprint density at radius 2 is 1.81 bits per heavy atom. The van der Waals surface area contributed by atoms with Crippen molar-refractivity contribution in [1.82, 2.24) is 9.97 Å². The summed E-state index contributed by atoms with van der Waals surface area (Å²) in [7, 11) is 0. The van der Waals surface area contributed by atoms with Gasteiger partial charge in [0.1, 0.15) is 11.6 Å². The first-order chi connectivity index (χ1) is 15.3. The average Bonchev–Trinajstić information content (AvgIpc) is 2.75. The van der Waals surface area contributed by atoms with Gasteiger partial charge in [-0.15, -0.1) is 0 Å². The van der Waals surface area contributed by atoms with Gasteiger partial charge in [0.05, 0.1) is 10.6 Å². The number of hydrogen-bond donors (Lipinski definition) is 0. The van der Waals surface area contributed by atoms with Crippen molar-refractivity contribution in [3.05, 3.63) is 41.3 Å². The Kier molecular flexibility index (Phi) is 5.27. The first-order valence-electron chi connectivity index (χ1n) is 11.4. The standard InChI is InChI=1S/C24H29ClFN5O/c1-23(2)15-30(16-23)22-27-11-7-20(28-22)29-12-9-24(10-13-29)8-3-4-21(32)31(24)17-5-6-18(25)19(26)14-17/h5-7,11,14H,3-4,8-10,12-13,15-16H2,1-2H3. The molecule has 5 rings (SSSR count). The van der Waals surface area contributed by atoms with E-state index in [1.807, 2.05) is 17.2 Å². The maximum atomic E-state index is 14.2. The van der Waals surface area contributed by atoms with Gasteiger partial charge in [-0.05, 0) is 55.4 Å². The molecule has 1 aromatic carbocycles. The van der Waals surface area contributed by atoms with E-state index in [1.54, 1.807) is 6.07 Å². The Hall–Kier alpha value is -2.41. The number of carbonyl (C=O) groups excluding carboxylic acids is 1. The summed E-state index contributed by atoms with van der Waals surface area (Å²) >= 11 is 5.88. The molecular formula is C24H29ClFN5O. The Labute approximate surface area is 193 Å². The van der Waals surface area contributed by atoms with Crippen LogP contribution < -0.4 is 14.7 Å². The molecule has 32 heavy (non-hydrogen) atoms. The van der Waals surface area contributed by atoms with Crippen molar-refractivity contribution >= 4 is 35.0 Å². The maximum absolute atomic E-state index is 14.2. The highest BCUT2D eigenvalue weighted by Gasteiger charge is 2.45. The third kappa shape index (κ3) is 3.81. The Morgan fingerprint density at radius 3 is 2.50 bits per heavy atom. The summed E-state index contributed by atoms with van der Waals surface area (Å²) in [4.78, 5) is 28.6. The molecule has 8 heteroatoms. The molecule has 4 heterocycles. The number of benzene rings is 1. The second kappa shape index (κ2) is 7.87. The van der Waals surface area contributed by atoms with Crippen molar-refractivity contribution in [1.29, 1.82) is 0 Å². The van der Waals surface area contributed by atoms with Gasteiger partial charge >= 0.3 is 0 Å². The summed E-state index contributed by atoms with van der Waals surface area (Å²) in [5, 5.41) is 0.0761. The largest absolute Gasteiger partial charge is 0.356 e. The minimum Gasteiger partial charge on any atom is -0.356 e. The molecule has 0 N–H and O–H groups in total. The minimum atomic E-state index is -0.488. The van der Waals surface area contributed by atoms with E-state index in [0.29, 0.717) is 17.5 Å². The van der Waals surface area contributed by atoms with Crippen LogP contribution in [0.4, 0.5) is 21.8 Å². The van der Waals surface area contributed by atoms with E-state index in [0.717, 1.165) is 63.6 Å². The first-order valence-corrected chi connectivity index (χ1v) is 11.8. The lowest BCUT2D eigenvalue weighted by atomic mass is 9.78. The van der Waals surface area contributed by atoms with Crippen LogP contribution in [0.1, 0.15) is 46.0 Å². The van der Waals surface area contributed by atoms with E-state index in [1.165, 1.54) is 12.1 Å². The molecule has 0 unspecified atom stereocenters. The molecule has 170 valence electrons. The van der Waals surface area contributed by atoms with Crippen LogP contribution >= 0.6 is 11.6 Å². The van der Waals surface area contributed by atoms with Crippen LogP contribution in [-0.4, -0.2) is 47.6 Å². The van der Waals surface area contributed by atoms with E-state index in [9.17, 15) is 9.18 Å². The molecule has 6 nitrogen and oxygen atoms in total. The highest BCUT2D eigenvalue weighted by atomic mass is 35.5. The zero-order chi connectivity index (χ0) is 22.5. The molecule has 0 saturated carbocycles.